The van der Waals surface area contributed by atoms with Gasteiger partial charge in [0.2, 0.25) is 10.0 Å². The number of nitrogens with one attached hydrogen (secondary N) is 2. The molecule has 2 aliphatic rings. The molecule has 1 amide bonds. The van der Waals surface area contributed by atoms with E-state index in [1.54, 1.807) is 24.4 Å². The number of carbonyl (C=O) groups excluding carboxylic acids is 1. The molecule has 0 radical (unpaired) electrons. The van der Waals surface area contributed by atoms with E-state index in [2.05, 4.69) is 37.3 Å². The summed E-state index contributed by atoms with van der Waals surface area (Å²) in [5, 5.41) is 10.9. The van der Waals surface area contributed by atoms with E-state index in [0.717, 1.165) is 42.9 Å². The number of hydrogen-bond donors (Lipinski definition) is 2. The predicted octanol–water partition coefficient (Wildman–Crippen LogP) is 2.71. The minimum Gasteiger partial charge on any atom is -0.369 e. The lowest BCUT2D eigenvalue weighted by atomic mass is 10.1. The van der Waals surface area contributed by atoms with Crippen molar-refractivity contribution in [3.05, 3.63) is 77.6 Å². The quantitative estimate of drug-likeness (QED) is 0.407. The van der Waals surface area contributed by atoms with Gasteiger partial charge < -0.3 is 15.1 Å². The second kappa shape index (κ2) is 9.82. The molecule has 11 heteroatoms. The van der Waals surface area contributed by atoms with Gasteiger partial charge in [0, 0.05) is 79.8 Å². The van der Waals surface area contributed by atoms with E-state index in [4.69, 9.17) is 0 Å². The SMILES string of the molecule is CN1CCN(c2ccc(C(=O)Nc3n[nH]c4c3CN(S(=O)(=O)c3cccc5cccnc35)CC4)cc2)CC1. The zero-order valence-corrected chi connectivity index (χ0v) is 21.9. The van der Waals surface area contributed by atoms with Crippen molar-refractivity contribution < 1.29 is 13.2 Å². The second-order valence-electron chi connectivity index (χ2n) is 9.74. The first-order chi connectivity index (χ1) is 18.4. The van der Waals surface area contributed by atoms with E-state index in [1.165, 1.54) is 4.31 Å². The van der Waals surface area contributed by atoms with E-state index in [1.807, 2.05) is 36.4 Å². The van der Waals surface area contributed by atoms with Crippen LogP contribution in [0.15, 0.2) is 65.7 Å². The summed E-state index contributed by atoms with van der Waals surface area (Å²) in [5.41, 5.74) is 3.56. The minimum absolute atomic E-state index is 0.106. The number of sulfonamides is 1. The van der Waals surface area contributed by atoms with Crippen LogP contribution < -0.4 is 10.2 Å². The van der Waals surface area contributed by atoms with Crippen LogP contribution >= 0.6 is 0 Å². The summed E-state index contributed by atoms with van der Waals surface area (Å²) in [4.78, 5) is 22.2. The number of para-hydroxylation sites is 1. The van der Waals surface area contributed by atoms with E-state index in [-0.39, 0.29) is 17.3 Å². The number of aromatic nitrogens is 3. The third kappa shape index (κ3) is 4.53. The van der Waals surface area contributed by atoms with Crippen LogP contribution in [-0.2, 0) is 23.0 Å². The van der Waals surface area contributed by atoms with Gasteiger partial charge in [-0.15, -0.1) is 0 Å². The standard InChI is InChI=1S/C27H29N7O3S/c1-32-14-16-33(17-15-32)21-9-7-20(8-10-21)27(35)29-26-22-18-34(13-11-23(22)30-31-26)38(36,37)24-6-2-4-19-5-3-12-28-25(19)24/h2-10,12H,11,13-18H2,1H3,(H2,29,30,31,35). The molecule has 0 atom stereocenters. The Bertz CT molecular complexity index is 1590. The van der Waals surface area contributed by atoms with E-state index in [9.17, 15) is 13.2 Å². The molecule has 1 fully saturated rings. The first kappa shape index (κ1) is 24.5. The number of aromatic amines is 1. The maximum atomic E-state index is 13.6. The summed E-state index contributed by atoms with van der Waals surface area (Å²) >= 11 is 0. The summed E-state index contributed by atoms with van der Waals surface area (Å²) in [7, 11) is -1.70. The zero-order chi connectivity index (χ0) is 26.3. The average molecular weight is 532 g/mol. The van der Waals surface area contributed by atoms with Crippen LogP contribution in [0.25, 0.3) is 10.9 Å². The number of piperazine rings is 1. The summed E-state index contributed by atoms with van der Waals surface area (Å²) in [6.07, 6.45) is 2.06. The summed E-state index contributed by atoms with van der Waals surface area (Å²) < 4.78 is 28.7. The van der Waals surface area contributed by atoms with Gasteiger partial charge in [0.25, 0.3) is 5.91 Å². The van der Waals surface area contributed by atoms with Gasteiger partial charge in [-0.1, -0.05) is 18.2 Å². The number of rotatable bonds is 5. The highest BCUT2D eigenvalue weighted by Gasteiger charge is 2.33. The molecule has 6 rings (SSSR count). The van der Waals surface area contributed by atoms with Crippen LogP contribution in [0.3, 0.4) is 0 Å². The fraction of sp³-hybridized carbons (Fsp3) is 0.296. The lowest BCUT2D eigenvalue weighted by Crippen LogP contribution is -2.44. The second-order valence-corrected chi connectivity index (χ2v) is 11.6. The maximum Gasteiger partial charge on any atom is 0.256 e. The molecule has 196 valence electrons. The number of benzene rings is 2. The first-order valence-electron chi connectivity index (χ1n) is 12.6. The largest absolute Gasteiger partial charge is 0.369 e. The van der Waals surface area contributed by atoms with E-state index < -0.39 is 10.0 Å². The Labute approximate surface area is 221 Å². The van der Waals surface area contributed by atoms with Crippen molar-refractivity contribution >= 4 is 38.3 Å². The number of carbonyl (C=O) groups is 1. The van der Waals surface area contributed by atoms with Crippen LogP contribution in [-0.4, -0.2) is 78.5 Å². The van der Waals surface area contributed by atoms with Gasteiger partial charge >= 0.3 is 0 Å². The van der Waals surface area contributed by atoms with Crippen molar-refractivity contribution in [1.82, 2.24) is 24.4 Å². The summed E-state index contributed by atoms with van der Waals surface area (Å²) in [6, 6.07) is 16.3. The number of nitrogens with zero attached hydrogens (tertiary/aromatic N) is 5. The number of fused-ring (bicyclic) bond motifs is 2. The van der Waals surface area contributed by atoms with Gasteiger partial charge in [0.1, 0.15) is 4.90 Å². The lowest BCUT2D eigenvalue weighted by molar-refractivity contribution is 0.102. The Morgan fingerprint density at radius 3 is 2.53 bits per heavy atom. The van der Waals surface area contributed by atoms with Crippen molar-refractivity contribution in [2.75, 3.05) is 50.0 Å². The zero-order valence-electron chi connectivity index (χ0n) is 21.1. The molecule has 4 aromatic rings. The molecule has 2 aromatic carbocycles. The fourth-order valence-electron chi connectivity index (χ4n) is 5.07. The monoisotopic (exact) mass is 531 g/mol. The van der Waals surface area contributed by atoms with E-state index >= 15 is 0 Å². The van der Waals surface area contributed by atoms with Crippen molar-refractivity contribution in [1.29, 1.82) is 0 Å². The number of hydrogen-bond acceptors (Lipinski definition) is 7. The summed E-state index contributed by atoms with van der Waals surface area (Å²) in [6.45, 7) is 4.34. The normalized spacial score (nSPS) is 16.9. The highest BCUT2D eigenvalue weighted by molar-refractivity contribution is 7.89. The topological polar surface area (TPSA) is 115 Å². The molecule has 0 saturated carbocycles. The van der Waals surface area contributed by atoms with Crippen LogP contribution in [0.1, 0.15) is 21.6 Å². The molecule has 1 saturated heterocycles. The number of anilines is 2. The molecule has 2 aliphatic heterocycles. The molecule has 4 heterocycles. The summed E-state index contributed by atoms with van der Waals surface area (Å²) in [5.74, 6) is 0.0616. The van der Waals surface area contributed by atoms with Gasteiger partial charge in [-0.25, -0.2) is 8.42 Å². The number of H-pyrrole nitrogens is 1. The predicted molar refractivity (Wildman–Crippen MR) is 146 cm³/mol. The highest BCUT2D eigenvalue weighted by Crippen LogP contribution is 2.31. The third-order valence-corrected chi connectivity index (χ3v) is 9.22. The molecule has 0 spiro atoms. The Morgan fingerprint density at radius 2 is 1.74 bits per heavy atom. The van der Waals surface area contributed by atoms with Gasteiger partial charge in [-0.3, -0.25) is 14.9 Å². The Balaban J connectivity index is 1.19. The molecule has 10 nitrogen and oxygen atoms in total. The molecular weight excluding hydrogens is 502 g/mol. The van der Waals surface area contributed by atoms with Crippen molar-refractivity contribution in [2.45, 2.75) is 17.9 Å². The van der Waals surface area contributed by atoms with Gasteiger partial charge in [-0.2, -0.15) is 9.40 Å². The third-order valence-electron chi connectivity index (χ3n) is 7.34. The number of pyridine rings is 1. The van der Waals surface area contributed by atoms with Crippen molar-refractivity contribution in [3.8, 4) is 0 Å². The molecule has 38 heavy (non-hydrogen) atoms. The van der Waals surface area contributed by atoms with Crippen molar-refractivity contribution in [2.24, 2.45) is 0 Å². The number of amides is 1. The molecular formula is C27H29N7O3S. The minimum atomic E-state index is -3.82. The Morgan fingerprint density at radius 1 is 0.974 bits per heavy atom. The molecule has 2 aromatic heterocycles. The molecule has 2 N–H and O–H groups in total. The van der Waals surface area contributed by atoms with E-state index in [0.29, 0.717) is 35.4 Å². The van der Waals surface area contributed by atoms with Gasteiger partial charge in [-0.05, 0) is 43.4 Å². The first-order valence-corrected chi connectivity index (χ1v) is 14.1. The van der Waals surface area contributed by atoms with Crippen LogP contribution in [0.2, 0.25) is 0 Å². The lowest BCUT2D eigenvalue weighted by Gasteiger charge is -2.34. The Hall–Kier alpha value is -3.80. The van der Waals surface area contributed by atoms with Crippen LogP contribution in [0.5, 0.6) is 0 Å². The Kier molecular flexibility index (Phi) is 6.34. The fourth-order valence-corrected chi connectivity index (χ4v) is 6.64. The molecule has 0 unspecified atom stereocenters. The smallest absolute Gasteiger partial charge is 0.256 e. The van der Waals surface area contributed by atoms with Crippen molar-refractivity contribution in [3.63, 3.8) is 0 Å². The molecule has 0 bridgehead atoms. The highest BCUT2D eigenvalue weighted by atomic mass is 32.2. The van der Waals surface area contributed by atoms with Crippen LogP contribution in [0, 0.1) is 0 Å². The van der Waals surface area contributed by atoms with Crippen LogP contribution in [0.4, 0.5) is 11.5 Å². The number of likely N-dealkylation sites (N-methyl/N-ethyl adjacent to an activating group) is 1. The maximum absolute atomic E-state index is 13.6. The average Bonchev–Trinajstić information content (AvgIpc) is 3.35. The molecule has 0 aliphatic carbocycles. The van der Waals surface area contributed by atoms with Gasteiger partial charge in [0.05, 0.1) is 5.52 Å². The van der Waals surface area contributed by atoms with Gasteiger partial charge in [0.15, 0.2) is 5.82 Å².